The molecule has 2 atom stereocenters. The largest absolute Gasteiger partial charge is 0.338 e. The first-order valence-corrected chi connectivity index (χ1v) is 16.8. The molecule has 0 N–H and O–H groups in total. The molecule has 1 aromatic heterocycles. The predicted octanol–water partition coefficient (Wildman–Crippen LogP) is 10.7. The van der Waals surface area contributed by atoms with Crippen LogP contribution in [0.5, 0.6) is 0 Å². The van der Waals surface area contributed by atoms with Crippen molar-refractivity contribution in [1.29, 1.82) is 0 Å². The van der Waals surface area contributed by atoms with Crippen molar-refractivity contribution in [3.63, 3.8) is 0 Å². The third-order valence-electron chi connectivity index (χ3n) is 10.2. The second-order valence-corrected chi connectivity index (χ2v) is 13.0. The summed E-state index contributed by atoms with van der Waals surface area (Å²) in [7, 11) is 0. The van der Waals surface area contributed by atoms with E-state index in [2.05, 4.69) is 141 Å². The molecule has 4 aromatic carbocycles. The molecule has 7 rings (SSSR count). The van der Waals surface area contributed by atoms with E-state index in [0.29, 0.717) is 12.1 Å². The topological polar surface area (TPSA) is 7.94 Å². The van der Waals surface area contributed by atoms with Crippen LogP contribution in [0.3, 0.4) is 0 Å². The van der Waals surface area contributed by atoms with Crippen LogP contribution in [-0.4, -0.2) is 20.9 Å². The average molecular weight is 578 g/mol. The van der Waals surface area contributed by atoms with Gasteiger partial charge in [-0.15, -0.1) is 0 Å². The van der Waals surface area contributed by atoms with Crippen LogP contribution in [0.2, 0.25) is 0 Å². The molecule has 0 saturated carbocycles. The lowest BCUT2D eigenvalue weighted by Gasteiger charge is -2.15. The lowest BCUT2D eigenvalue weighted by molar-refractivity contribution is -0.476. The summed E-state index contributed by atoms with van der Waals surface area (Å²) in [6.07, 6.45) is 16.6. The quantitative estimate of drug-likeness (QED) is 0.154. The zero-order valence-corrected chi connectivity index (χ0v) is 27.0. The molecule has 0 radical (unpaired) electrons. The molecule has 2 heteroatoms. The van der Waals surface area contributed by atoms with E-state index in [4.69, 9.17) is 0 Å². The summed E-state index contributed by atoms with van der Waals surface area (Å²) in [5.74, 6) is 0. The molecule has 2 heterocycles. The molecule has 2 unspecified atom stereocenters. The number of aromatic nitrogens is 1. The van der Waals surface area contributed by atoms with Gasteiger partial charge in [0.1, 0.15) is 0 Å². The van der Waals surface area contributed by atoms with Gasteiger partial charge in [-0.3, -0.25) is 0 Å². The van der Waals surface area contributed by atoms with E-state index in [9.17, 15) is 0 Å². The van der Waals surface area contributed by atoms with E-state index < -0.39 is 0 Å². The maximum absolute atomic E-state index is 2.59. The Kier molecular flexibility index (Phi) is 7.62. The van der Waals surface area contributed by atoms with Gasteiger partial charge in [0.2, 0.25) is 11.4 Å². The van der Waals surface area contributed by atoms with Crippen molar-refractivity contribution >= 4 is 49.9 Å². The maximum atomic E-state index is 2.59. The van der Waals surface area contributed by atoms with Gasteiger partial charge in [-0.25, -0.2) is 0 Å². The minimum Gasteiger partial charge on any atom is -0.338 e. The summed E-state index contributed by atoms with van der Waals surface area (Å²) in [6.45, 7) is 11.7. The highest BCUT2D eigenvalue weighted by molar-refractivity contribution is 6.19. The Hall–Kier alpha value is -4.17. The number of hydrogen-bond acceptors (Lipinski definition) is 0. The zero-order valence-electron chi connectivity index (χ0n) is 27.0. The Morgan fingerprint density at radius 2 is 1.48 bits per heavy atom. The van der Waals surface area contributed by atoms with Crippen molar-refractivity contribution in [2.24, 2.45) is 0 Å². The van der Waals surface area contributed by atoms with Crippen molar-refractivity contribution in [2.45, 2.75) is 85.2 Å². The fraction of sp³-hybridized carbons (Fsp3) is 0.310. The molecule has 2 nitrogen and oxygen atoms in total. The summed E-state index contributed by atoms with van der Waals surface area (Å²) in [6, 6.07) is 28.0. The number of nitrogens with zero attached hydrogens (tertiary/aromatic N) is 2. The monoisotopic (exact) mass is 577 g/mol. The third-order valence-corrected chi connectivity index (χ3v) is 10.2. The molecule has 0 amide bonds. The van der Waals surface area contributed by atoms with Gasteiger partial charge in [-0.1, -0.05) is 87.0 Å². The van der Waals surface area contributed by atoms with E-state index >= 15 is 0 Å². The molecule has 2 aliphatic rings. The minimum absolute atomic E-state index is 0.455. The summed E-state index contributed by atoms with van der Waals surface area (Å²) in [4.78, 5) is 0. The highest BCUT2D eigenvalue weighted by atomic mass is 15.1. The Morgan fingerprint density at radius 1 is 0.773 bits per heavy atom. The fourth-order valence-corrected chi connectivity index (χ4v) is 8.00. The van der Waals surface area contributed by atoms with Gasteiger partial charge in [-0.05, 0) is 92.2 Å². The minimum atomic E-state index is 0.455. The number of benzene rings is 4. The third kappa shape index (κ3) is 4.67. The van der Waals surface area contributed by atoms with E-state index in [0.717, 1.165) is 12.8 Å². The van der Waals surface area contributed by atoms with Crippen molar-refractivity contribution in [2.75, 3.05) is 0 Å². The SMILES string of the molecule is CCCC(C)n1/c(=C/C=C2\CCC(/C=C/C3=[N+](C(C)CCC)c4cccc5cccc3c45)=C2C)c2cccc3cccc1c32. The Labute approximate surface area is 262 Å². The van der Waals surface area contributed by atoms with Crippen LogP contribution in [0.15, 0.2) is 108 Å². The number of hydrogen-bond donors (Lipinski definition) is 0. The average Bonchev–Trinajstić information content (AvgIpc) is 3.67. The highest BCUT2D eigenvalue weighted by Gasteiger charge is 2.33. The predicted molar refractivity (Wildman–Crippen MR) is 190 cm³/mol. The van der Waals surface area contributed by atoms with Gasteiger partial charge in [0.15, 0.2) is 6.04 Å². The second-order valence-electron chi connectivity index (χ2n) is 13.0. The normalized spacial score (nSPS) is 18.0. The van der Waals surface area contributed by atoms with E-state index in [-0.39, 0.29) is 0 Å². The first-order valence-electron chi connectivity index (χ1n) is 16.8. The van der Waals surface area contributed by atoms with Crippen LogP contribution in [0.4, 0.5) is 5.69 Å². The lowest BCUT2D eigenvalue weighted by Crippen LogP contribution is -2.22. The lowest BCUT2D eigenvalue weighted by atomic mass is 10.0. The summed E-state index contributed by atoms with van der Waals surface area (Å²) >= 11 is 0. The fourth-order valence-electron chi connectivity index (χ4n) is 8.00. The van der Waals surface area contributed by atoms with Crippen molar-refractivity contribution in [3.8, 4) is 0 Å². The molecular formula is C42H45N2+. The standard InChI is InChI=1S/C42H45N2/c1-6-12-28(3)43-37(35-18-8-14-33-16-10-20-39(43)41(33)35)26-24-31-22-23-32(30(31)5)25-27-38-36-19-9-15-34-17-11-21-40(42(34)36)44(38)29(4)13-7-2/h8-11,14-21,24-29H,6-7,12-13,22-23H2,1-5H3/q+1. The van der Waals surface area contributed by atoms with Gasteiger partial charge >= 0.3 is 0 Å². The van der Waals surface area contributed by atoms with Crippen LogP contribution in [-0.2, 0) is 0 Å². The van der Waals surface area contributed by atoms with Crippen LogP contribution in [0.25, 0.3) is 38.5 Å². The van der Waals surface area contributed by atoms with E-state index in [1.165, 1.54) is 97.2 Å². The molecule has 1 aliphatic heterocycles. The van der Waals surface area contributed by atoms with Crippen LogP contribution in [0, 0.1) is 0 Å². The van der Waals surface area contributed by atoms with Gasteiger partial charge in [0.25, 0.3) is 0 Å². The molecule has 44 heavy (non-hydrogen) atoms. The van der Waals surface area contributed by atoms with Crippen molar-refractivity contribution in [1.82, 2.24) is 4.57 Å². The zero-order chi connectivity index (χ0) is 30.4. The molecule has 0 saturated heterocycles. The van der Waals surface area contributed by atoms with Crippen LogP contribution in [0.1, 0.15) is 84.7 Å². The van der Waals surface area contributed by atoms with E-state index in [1.807, 2.05) is 0 Å². The molecule has 222 valence electrons. The number of allylic oxidation sites excluding steroid dienone is 6. The van der Waals surface area contributed by atoms with Crippen LogP contribution >= 0.6 is 0 Å². The Bertz CT molecular complexity index is 2070. The summed E-state index contributed by atoms with van der Waals surface area (Å²) in [5, 5.41) is 8.17. The molecular weight excluding hydrogens is 532 g/mol. The van der Waals surface area contributed by atoms with Gasteiger partial charge < -0.3 is 4.57 Å². The highest BCUT2D eigenvalue weighted by Crippen LogP contribution is 2.38. The molecule has 0 bridgehead atoms. The van der Waals surface area contributed by atoms with Crippen molar-refractivity contribution < 1.29 is 4.58 Å². The number of rotatable bonds is 9. The first kappa shape index (κ1) is 28.6. The molecule has 5 aromatic rings. The molecule has 0 fully saturated rings. The van der Waals surface area contributed by atoms with Gasteiger partial charge in [-0.2, -0.15) is 4.58 Å². The van der Waals surface area contributed by atoms with Gasteiger partial charge in [0, 0.05) is 46.2 Å². The molecule has 0 spiro atoms. The van der Waals surface area contributed by atoms with Crippen molar-refractivity contribution in [3.05, 3.63) is 119 Å². The Morgan fingerprint density at radius 3 is 2.25 bits per heavy atom. The maximum Gasteiger partial charge on any atom is 0.214 e. The summed E-state index contributed by atoms with van der Waals surface area (Å²) < 4.78 is 5.18. The molecule has 1 aliphatic carbocycles. The second kappa shape index (κ2) is 11.7. The van der Waals surface area contributed by atoms with Gasteiger partial charge in [0.05, 0.1) is 10.9 Å². The summed E-state index contributed by atoms with van der Waals surface area (Å²) in [5.41, 5.74) is 9.78. The smallest absolute Gasteiger partial charge is 0.214 e. The Balaban J connectivity index is 1.30. The van der Waals surface area contributed by atoms with E-state index in [1.54, 1.807) is 0 Å². The van der Waals surface area contributed by atoms with Crippen LogP contribution < -0.4 is 5.35 Å². The first-order chi connectivity index (χ1) is 21.5.